The number of amides is 2. The van der Waals surface area contributed by atoms with Crippen LogP contribution in [0.15, 0.2) is 18.2 Å². The lowest BCUT2D eigenvalue weighted by Crippen LogP contribution is -2.51. The highest BCUT2D eigenvalue weighted by molar-refractivity contribution is 5.92. The van der Waals surface area contributed by atoms with Crippen molar-refractivity contribution in [1.29, 1.82) is 0 Å². The zero-order valence-corrected chi connectivity index (χ0v) is 10.0. The largest absolute Gasteiger partial charge is 0.399 e. The highest BCUT2D eigenvalue weighted by Gasteiger charge is 2.27. The number of nitrogens with zero attached hydrogens (tertiary/aromatic N) is 2. The predicted octanol–water partition coefficient (Wildman–Crippen LogP) is 0.208. The van der Waals surface area contributed by atoms with Crippen molar-refractivity contribution in [3.63, 3.8) is 0 Å². The van der Waals surface area contributed by atoms with E-state index in [0.717, 1.165) is 0 Å². The second-order valence-electron chi connectivity index (χ2n) is 4.39. The predicted molar refractivity (Wildman–Crippen MR) is 63.9 cm³/mol. The Morgan fingerprint density at radius 3 is 2.61 bits per heavy atom. The first-order valence-corrected chi connectivity index (χ1v) is 5.52. The Balaban J connectivity index is 2.13. The van der Waals surface area contributed by atoms with Gasteiger partial charge in [-0.15, -0.1) is 0 Å². The summed E-state index contributed by atoms with van der Waals surface area (Å²) >= 11 is 0. The van der Waals surface area contributed by atoms with Gasteiger partial charge in [0, 0.05) is 19.3 Å². The molecule has 5 nitrogen and oxygen atoms in total. The highest BCUT2D eigenvalue weighted by atomic mass is 19.1. The molecule has 1 saturated heterocycles. The SMILES string of the molecule is CN1CC(=O)N(Cc2cc(N)cc(F)c2)CC1=O. The van der Waals surface area contributed by atoms with E-state index in [-0.39, 0.29) is 31.4 Å². The fourth-order valence-electron chi connectivity index (χ4n) is 1.89. The molecule has 0 saturated carbocycles. The van der Waals surface area contributed by atoms with Gasteiger partial charge in [0.2, 0.25) is 11.8 Å². The summed E-state index contributed by atoms with van der Waals surface area (Å²) in [5.74, 6) is -0.725. The molecule has 0 unspecified atom stereocenters. The van der Waals surface area contributed by atoms with E-state index in [0.29, 0.717) is 11.3 Å². The van der Waals surface area contributed by atoms with Gasteiger partial charge in [0.15, 0.2) is 0 Å². The van der Waals surface area contributed by atoms with Crippen molar-refractivity contribution in [2.75, 3.05) is 25.9 Å². The third kappa shape index (κ3) is 2.58. The van der Waals surface area contributed by atoms with Gasteiger partial charge >= 0.3 is 0 Å². The van der Waals surface area contributed by atoms with Crippen LogP contribution in [0.3, 0.4) is 0 Å². The summed E-state index contributed by atoms with van der Waals surface area (Å²) in [4.78, 5) is 26.0. The van der Waals surface area contributed by atoms with Crippen LogP contribution in [-0.4, -0.2) is 41.8 Å². The van der Waals surface area contributed by atoms with Crippen LogP contribution in [-0.2, 0) is 16.1 Å². The zero-order valence-electron chi connectivity index (χ0n) is 10.0. The van der Waals surface area contributed by atoms with E-state index in [1.54, 1.807) is 13.1 Å². The van der Waals surface area contributed by atoms with Crippen molar-refractivity contribution in [2.24, 2.45) is 0 Å². The number of carbonyl (C=O) groups is 2. The minimum absolute atomic E-state index is 0.0196. The third-order valence-electron chi connectivity index (χ3n) is 2.83. The Kier molecular flexibility index (Phi) is 3.18. The van der Waals surface area contributed by atoms with Gasteiger partial charge in [0.1, 0.15) is 12.4 Å². The van der Waals surface area contributed by atoms with Gasteiger partial charge in [-0.2, -0.15) is 0 Å². The lowest BCUT2D eigenvalue weighted by Gasteiger charge is -2.31. The van der Waals surface area contributed by atoms with Gasteiger partial charge in [0.05, 0.1) is 6.54 Å². The Hall–Kier alpha value is -2.11. The molecule has 0 spiro atoms. The number of halogens is 1. The van der Waals surface area contributed by atoms with Crippen molar-refractivity contribution < 1.29 is 14.0 Å². The molecule has 0 aliphatic carbocycles. The number of carbonyl (C=O) groups excluding carboxylic acids is 2. The van der Waals surface area contributed by atoms with E-state index in [9.17, 15) is 14.0 Å². The number of hydrogen-bond acceptors (Lipinski definition) is 3. The molecule has 1 aromatic carbocycles. The normalized spacial score (nSPS) is 16.3. The molecule has 2 N–H and O–H groups in total. The molecule has 1 heterocycles. The molecule has 2 amide bonds. The quantitative estimate of drug-likeness (QED) is 0.764. The summed E-state index contributed by atoms with van der Waals surface area (Å²) in [6, 6.07) is 4.12. The molecule has 0 atom stereocenters. The molecule has 0 aromatic heterocycles. The molecule has 18 heavy (non-hydrogen) atoms. The molecule has 0 bridgehead atoms. The molecule has 96 valence electrons. The molecule has 1 aliphatic rings. The Labute approximate surface area is 104 Å². The van der Waals surface area contributed by atoms with Gasteiger partial charge in [0.25, 0.3) is 0 Å². The van der Waals surface area contributed by atoms with Crippen molar-refractivity contribution in [1.82, 2.24) is 9.80 Å². The number of hydrogen-bond donors (Lipinski definition) is 1. The van der Waals surface area contributed by atoms with Gasteiger partial charge < -0.3 is 15.5 Å². The average Bonchev–Trinajstić information content (AvgIpc) is 2.24. The van der Waals surface area contributed by atoms with Crippen LogP contribution in [0, 0.1) is 5.82 Å². The van der Waals surface area contributed by atoms with Gasteiger partial charge in [-0.05, 0) is 23.8 Å². The molecule has 1 aromatic rings. The number of likely N-dealkylation sites (N-methyl/N-ethyl adjacent to an activating group) is 1. The fraction of sp³-hybridized carbons (Fsp3) is 0.333. The summed E-state index contributed by atoms with van der Waals surface area (Å²) in [6.07, 6.45) is 0. The second kappa shape index (κ2) is 4.64. The van der Waals surface area contributed by atoms with Crippen molar-refractivity contribution in [3.8, 4) is 0 Å². The number of benzene rings is 1. The van der Waals surface area contributed by atoms with Crippen LogP contribution in [0.4, 0.5) is 10.1 Å². The third-order valence-corrected chi connectivity index (χ3v) is 2.83. The molecule has 1 aliphatic heterocycles. The van der Waals surface area contributed by atoms with E-state index < -0.39 is 5.82 Å². The maximum Gasteiger partial charge on any atom is 0.242 e. The van der Waals surface area contributed by atoms with Crippen molar-refractivity contribution in [2.45, 2.75) is 6.54 Å². The van der Waals surface area contributed by atoms with Crippen molar-refractivity contribution >= 4 is 17.5 Å². The fourth-order valence-corrected chi connectivity index (χ4v) is 1.89. The van der Waals surface area contributed by atoms with E-state index >= 15 is 0 Å². The van der Waals surface area contributed by atoms with E-state index in [1.165, 1.54) is 21.9 Å². The maximum atomic E-state index is 13.2. The number of rotatable bonds is 2. The number of anilines is 1. The van der Waals surface area contributed by atoms with Crippen LogP contribution >= 0.6 is 0 Å². The average molecular weight is 251 g/mol. The minimum atomic E-state index is -0.446. The zero-order chi connectivity index (χ0) is 13.3. The van der Waals surface area contributed by atoms with Crippen molar-refractivity contribution in [3.05, 3.63) is 29.6 Å². The highest BCUT2D eigenvalue weighted by Crippen LogP contribution is 2.14. The number of nitrogen functional groups attached to an aromatic ring is 1. The molecule has 2 rings (SSSR count). The van der Waals surface area contributed by atoms with Gasteiger partial charge in [-0.25, -0.2) is 4.39 Å². The first kappa shape index (κ1) is 12.3. The Morgan fingerprint density at radius 2 is 1.94 bits per heavy atom. The van der Waals surface area contributed by atoms with Crippen LogP contribution in [0.2, 0.25) is 0 Å². The smallest absolute Gasteiger partial charge is 0.242 e. The van der Waals surface area contributed by atoms with E-state index in [1.807, 2.05) is 0 Å². The van der Waals surface area contributed by atoms with Gasteiger partial charge in [-0.3, -0.25) is 9.59 Å². The first-order chi connectivity index (χ1) is 8.45. The van der Waals surface area contributed by atoms with E-state index in [2.05, 4.69) is 0 Å². The van der Waals surface area contributed by atoms with E-state index in [4.69, 9.17) is 5.73 Å². The van der Waals surface area contributed by atoms with Crippen LogP contribution in [0.5, 0.6) is 0 Å². The topological polar surface area (TPSA) is 66.6 Å². The summed E-state index contributed by atoms with van der Waals surface area (Å²) in [5, 5.41) is 0. The minimum Gasteiger partial charge on any atom is -0.399 e. The first-order valence-electron chi connectivity index (χ1n) is 5.52. The molecule has 0 radical (unpaired) electrons. The van der Waals surface area contributed by atoms with Crippen LogP contribution in [0.25, 0.3) is 0 Å². The molecule has 1 fully saturated rings. The number of piperazine rings is 1. The molecule has 6 heteroatoms. The lowest BCUT2D eigenvalue weighted by molar-refractivity contribution is -0.149. The summed E-state index contributed by atoms with van der Waals surface area (Å²) in [7, 11) is 1.58. The van der Waals surface area contributed by atoms with Crippen LogP contribution < -0.4 is 5.73 Å². The monoisotopic (exact) mass is 251 g/mol. The summed E-state index contributed by atoms with van der Waals surface area (Å²) in [5.41, 5.74) is 6.42. The Bertz CT molecular complexity index is 484. The summed E-state index contributed by atoms with van der Waals surface area (Å²) in [6.45, 7) is 0.274. The van der Waals surface area contributed by atoms with Crippen LogP contribution in [0.1, 0.15) is 5.56 Å². The second-order valence-corrected chi connectivity index (χ2v) is 4.39. The lowest BCUT2D eigenvalue weighted by atomic mass is 10.1. The summed E-state index contributed by atoms with van der Waals surface area (Å²) < 4.78 is 13.2. The molecular formula is C12H14FN3O2. The number of nitrogens with two attached hydrogens (primary N) is 1. The maximum absolute atomic E-state index is 13.2. The van der Waals surface area contributed by atoms with Gasteiger partial charge in [-0.1, -0.05) is 0 Å². The standard InChI is InChI=1S/C12H14FN3O2/c1-15-6-12(18)16(7-11(15)17)5-8-2-9(13)4-10(14)3-8/h2-4H,5-7,14H2,1H3. The molecular weight excluding hydrogens is 237 g/mol. The Morgan fingerprint density at radius 1 is 1.22 bits per heavy atom.